The predicted molar refractivity (Wildman–Crippen MR) is 54.9 cm³/mol. The van der Waals surface area contributed by atoms with Crippen molar-refractivity contribution in [2.45, 2.75) is 33.6 Å². The topological polar surface area (TPSA) is 49.9 Å². The molecule has 0 aromatic carbocycles. The average Bonchev–Trinajstić information content (AvgIpc) is 2.43. The van der Waals surface area contributed by atoms with Gasteiger partial charge in [0.1, 0.15) is 0 Å². The van der Waals surface area contributed by atoms with E-state index in [9.17, 15) is 9.59 Å². The van der Waals surface area contributed by atoms with Gasteiger partial charge >= 0.3 is 0 Å². The third kappa shape index (κ3) is 1.76. The maximum atomic E-state index is 11.2. The molecule has 0 unspecified atom stereocenters. The minimum atomic E-state index is -0.0204. The van der Waals surface area contributed by atoms with Crippen LogP contribution in [0.15, 0.2) is 0 Å². The van der Waals surface area contributed by atoms with Crippen LogP contribution in [0, 0.1) is 6.92 Å². The zero-order valence-corrected chi connectivity index (χ0v) is 8.81. The Morgan fingerprint density at radius 1 is 1.50 bits per heavy atom. The normalized spacial score (nSPS) is 10.2. The van der Waals surface area contributed by atoms with Gasteiger partial charge in [-0.15, -0.1) is 0 Å². The Labute approximate surface area is 83.5 Å². The molecule has 0 bridgehead atoms. The van der Waals surface area contributed by atoms with Crippen molar-refractivity contribution in [1.29, 1.82) is 0 Å². The lowest BCUT2D eigenvalue weighted by Gasteiger charge is -1.94. The largest absolute Gasteiger partial charge is 0.355 e. The van der Waals surface area contributed by atoms with E-state index in [1.807, 2.05) is 6.92 Å². The quantitative estimate of drug-likeness (QED) is 0.589. The highest BCUT2D eigenvalue weighted by Crippen LogP contribution is 2.18. The molecule has 0 aliphatic rings. The molecular formula is C11H15NO2. The van der Waals surface area contributed by atoms with E-state index in [1.165, 1.54) is 6.92 Å². The zero-order valence-electron chi connectivity index (χ0n) is 8.81. The van der Waals surface area contributed by atoms with E-state index in [0.29, 0.717) is 11.3 Å². The fourth-order valence-electron chi connectivity index (χ4n) is 1.63. The van der Waals surface area contributed by atoms with Gasteiger partial charge < -0.3 is 4.98 Å². The first-order chi connectivity index (χ1) is 6.61. The molecule has 0 fully saturated rings. The number of carbonyl (C=O) groups is 2. The van der Waals surface area contributed by atoms with Crippen LogP contribution >= 0.6 is 0 Å². The molecule has 1 N–H and O–H groups in total. The number of aldehydes is 1. The Kier molecular flexibility index (Phi) is 3.23. The van der Waals surface area contributed by atoms with E-state index in [2.05, 4.69) is 4.98 Å². The maximum Gasteiger partial charge on any atom is 0.176 e. The second-order valence-corrected chi connectivity index (χ2v) is 3.44. The number of H-pyrrole nitrogens is 1. The predicted octanol–water partition coefficient (Wildman–Crippen LogP) is 2.29. The number of aryl methyl sites for hydroxylation is 1. The number of hydrogen-bond acceptors (Lipinski definition) is 2. The van der Waals surface area contributed by atoms with E-state index >= 15 is 0 Å². The Balaban J connectivity index is 3.24. The standard InChI is InChI=1S/C11H15NO2/c1-4-5-10-9(6-13)7(2)11(12-10)8(3)14/h6,12H,4-5H2,1-3H3. The number of hydrogen-bond donors (Lipinski definition) is 1. The molecule has 1 heterocycles. The lowest BCUT2D eigenvalue weighted by molar-refractivity contribution is 0.101. The number of rotatable bonds is 4. The molecular weight excluding hydrogens is 178 g/mol. The number of aromatic nitrogens is 1. The van der Waals surface area contributed by atoms with E-state index in [-0.39, 0.29) is 5.78 Å². The first-order valence-corrected chi connectivity index (χ1v) is 4.79. The van der Waals surface area contributed by atoms with Crippen molar-refractivity contribution in [3.63, 3.8) is 0 Å². The smallest absolute Gasteiger partial charge is 0.176 e. The van der Waals surface area contributed by atoms with Crippen molar-refractivity contribution in [3.05, 3.63) is 22.5 Å². The molecule has 0 saturated carbocycles. The lowest BCUT2D eigenvalue weighted by atomic mass is 10.1. The van der Waals surface area contributed by atoms with Gasteiger partial charge in [0, 0.05) is 18.2 Å². The Morgan fingerprint density at radius 2 is 2.14 bits per heavy atom. The highest BCUT2D eigenvalue weighted by molar-refractivity contribution is 5.97. The molecule has 0 spiro atoms. The SMILES string of the molecule is CCCc1[nH]c(C(C)=O)c(C)c1C=O. The van der Waals surface area contributed by atoms with Gasteiger partial charge in [-0.3, -0.25) is 9.59 Å². The van der Waals surface area contributed by atoms with Crippen molar-refractivity contribution in [2.24, 2.45) is 0 Å². The van der Waals surface area contributed by atoms with Crippen LogP contribution in [0.2, 0.25) is 0 Å². The van der Waals surface area contributed by atoms with Crippen molar-refractivity contribution in [1.82, 2.24) is 4.98 Å². The average molecular weight is 193 g/mol. The second-order valence-electron chi connectivity index (χ2n) is 3.44. The third-order valence-electron chi connectivity index (χ3n) is 2.35. The molecule has 1 aromatic rings. The molecule has 1 rings (SSSR count). The number of nitrogens with one attached hydrogen (secondary N) is 1. The van der Waals surface area contributed by atoms with Gasteiger partial charge in [-0.1, -0.05) is 13.3 Å². The number of Topliss-reactive ketones (excluding diaryl/α,β-unsaturated/α-hetero) is 1. The van der Waals surface area contributed by atoms with Crippen LogP contribution in [-0.4, -0.2) is 17.1 Å². The minimum absolute atomic E-state index is 0.0204. The molecule has 1 aromatic heterocycles. The van der Waals surface area contributed by atoms with Crippen LogP contribution in [0.3, 0.4) is 0 Å². The van der Waals surface area contributed by atoms with E-state index in [0.717, 1.165) is 30.4 Å². The summed E-state index contributed by atoms with van der Waals surface area (Å²) >= 11 is 0. The van der Waals surface area contributed by atoms with Crippen molar-refractivity contribution < 1.29 is 9.59 Å². The van der Waals surface area contributed by atoms with Crippen LogP contribution in [0.25, 0.3) is 0 Å². The monoisotopic (exact) mass is 193 g/mol. The molecule has 0 amide bonds. The van der Waals surface area contributed by atoms with Crippen molar-refractivity contribution in [3.8, 4) is 0 Å². The summed E-state index contributed by atoms with van der Waals surface area (Å²) < 4.78 is 0. The minimum Gasteiger partial charge on any atom is -0.355 e. The Bertz CT molecular complexity index is 364. The van der Waals surface area contributed by atoms with Gasteiger partial charge in [-0.25, -0.2) is 0 Å². The van der Waals surface area contributed by atoms with Gasteiger partial charge in [0.05, 0.1) is 5.69 Å². The number of carbonyl (C=O) groups excluding carboxylic acids is 2. The van der Waals surface area contributed by atoms with Crippen LogP contribution in [0.1, 0.15) is 52.4 Å². The fraction of sp³-hybridized carbons (Fsp3) is 0.455. The summed E-state index contributed by atoms with van der Waals surface area (Å²) in [7, 11) is 0. The second kappa shape index (κ2) is 4.22. The molecule has 76 valence electrons. The molecule has 0 atom stereocenters. The highest BCUT2D eigenvalue weighted by atomic mass is 16.1. The summed E-state index contributed by atoms with van der Waals surface area (Å²) in [6, 6.07) is 0. The Morgan fingerprint density at radius 3 is 2.57 bits per heavy atom. The molecule has 0 aliphatic heterocycles. The maximum absolute atomic E-state index is 11.2. The molecule has 14 heavy (non-hydrogen) atoms. The van der Waals surface area contributed by atoms with E-state index < -0.39 is 0 Å². The van der Waals surface area contributed by atoms with Gasteiger partial charge in [-0.2, -0.15) is 0 Å². The summed E-state index contributed by atoms with van der Waals surface area (Å²) in [6.45, 7) is 5.34. The first-order valence-electron chi connectivity index (χ1n) is 4.79. The van der Waals surface area contributed by atoms with Crippen LogP contribution in [-0.2, 0) is 6.42 Å². The van der Waals surface area contributed by atoms with Crippen LogP contribution in [0.4, 0.5) is 0 Å². The van der Waals surface area contributed by atoms with E-state index in [1.54, 1.807) is 6.92 Å². The molecule has 3 heteroatoms. The number of aromatic amines is 1. The van der Waals surface area contributed by atoms with Gasteiger partial charge in [0.15, 0.2) is 12.1 Å². The van der Waals surface area contributed by atoms with Crippen LogP contribution < -0.4 is 0 Å². The fourth-order valence-corrected chi connectivity index (χ4v) is 1.63. The molecule has 0 saturated heterocycles. The third-order valence-corrected chi connectivity index (χ3v) is 2.35. The summed E-state index contributed by atoms with van der Waals surface area (Å²) in [5.74, 6) is -0.0204. The van der Waals surface area contributed by atoms with Crippen LogP contribution in [0.5, 0.6) is 0 Å². The van der Waals surface area contributed by atoms with Crippen molar-refractivity contribution >= 4 is 12.1 Å². The summed E-state index contributed by atoms with van der Waals surface area (Å²) in [6.07, 6.45) is 2.59. The number of ketones is 1. The first kappa shape index (κ1) is 10.7. The summed E-state index contributed by atoms with van der Waals surface area (Å²) in [4.78, 5) is 25.1. The molecule has 3 nitrogen and oxygen atoms in total. The van der Waals surface area contributed by atoms with Gasteiger partial charge in [0.25, 0.3) is 0 Å². The van der Waals surface area contributed by atoms with Gasteiger partial charge in [0.2, 0.25) is 0 Å². The molecule has 0 aliphatic carbocycles. The molecule has 0 radical (unpaired) electrons. The highest BCUT2D eigenvalue weighted by Gasteiger charge is 2.15. The Hall–Kier alpha value is -1.38. The van der Waals surface area contributed by atoms with Crippen molar-refractivity contribution in [2.75, 3.05) is 0 Å². The zero-order chi connectivity index (χ0) is 10.7. The van der Waals surface area contributed by atoms with Gasteiger partial charge in [-0.05, 0) is 18.9 Å². The van der Waals surface area contributed by atoms with E-state index in [4.69, 9.17) is 0 Å². The summed E-state index contributed by atoms with van der Waals surface area (Å²) in [5.41, 5.74) is 2.87. The summed E-state index contributed by atoms with van der Waals surface area (Å²) in [5, 5.41) is 0. The lowest BCUT2D eigenvalue weighted by Crippen LogP contribution is -1.95.